The van der Waals surface area contributed by atoms with Crippen LogP contribution in [-0.2, 0) is 9.53 Å². The molecular formula is C11H11ClN2O2. The van der Waals surface area contributed by atoms with Gasteiger partial charge in [-0.1, -0.05) is 11.6 Å². The Bertz CT molecular complexity index is 424. The molecule has 0 amide bonds. The average molecular weight is 239 g/mol. The third-order valence-corrected chi connectivity index (χ3v) is 2.69. The Labute approximate surface area is 98.5 Å². The number of morpholine rings is 1. The van der Waals surface area contributed by atoms with E-state index in [1.165, 1.54) is 0 Å². The van der Waals surface area contributed by atoms with E-state index in [2.05, 4.69) is 9.89 Å². The van der Waals surface area contributed by atoms with Crippen LogP contribution in [-0.4, -0.2) is 32.4 Å². The highest BCUT2D eigenvalue weighted by Gasteiger charge is 2.14. The average Bonchev–Trinajstić information content (AvgIpc) is 2.31. The zero-order chi connectivity index (χ0) is 11.4. The smallest absolute Gasteiger partial charge is 0.240 e. The van der Waals surface area contributed by atoms with Crippen LogP contribution in [0.3, 0.4) is 0 Å². The van der Waals surface area contributed by atoms with Crippen LogP contribution in [0.25, 0.3) is 0 Å². The first kappa shape index (κ1) is 11.1. The summed E-state index contributed by atoms with van der Waals surface area (Å²) in [4.78, 5) is 16.1. The second-order valence-corrected chi connectivity index (χ2v) is 3.87. The molecule has 0 spiro atoms. The summed E-state index contributed by atoms with van der Waals surface area (Å²) in [6.45, 7) is 2.96. The molecule has 0 radical (unpaired) electrons. The van der Waals surface area contributed by atoms with Gasteiger partial charge in [-0.3, -0.25) is 0 Å². The fraction of sp³-hybridized carbons (Fsp3) is 0.364. The Kier molecular flexibility index (Phi) is 3.57. The number of anilines is 1. The second-order valence-electron chi connectivity index (χ2n) is 3.44. The highest BCUT2D eigenvalue weighted by Crippen LogP contribution is 2.31. The van der Waals surface area contributed by atoms with Gasteiger partial charge in [0.2, 0.25) is 6.08 Å². The van der Waals surface area contributed by atoms with E-state index in [9.17, 15) is 4.79 Å². The van der Waals surface area contributed by atoms with E-state index in [4.69, 9.17) is 16.3 Å². The van der Waals surface area contributed by atoms with E-state index in [0.29, 0.717) is 23.9 Å². The zero-order valence-corrected chi connectivity index (χ0v) is 9.41. The summed E-state index contributed by atoms with van der Waals surface area (Å²) in [5.41, 5.74) is 1.46. The van der Waals surface area contributed by atoms with Crippen LogP contribution in [0.15, 0.2) is 23.2 Å². The van der Waals surface area contributed by atoms with E-state index >= 15 is 0 Å². The lowest BCUT2D eigenvalue weighted by Gasteiger charge is -2.29. The molecule has 1 aliphatic rings. The van der Waals surface area contributed by atoms with Crippen molar-refractivity contribution in [2.45, 2.75) is 0 Å². The predicted molar refractivity (Wildman–Crippen MR) is 62.3 cm³/mol. The molecule has 0 saturated carbocycles. The van der Waals surface area contributed by atoms with Gasteiger partial charge < -0.3 is 9.64 Å². The summed E-state index contributed by atoms with van der Waals surface area (Å²) in [5, 5.41) is 0.561. The quantitative estimate of drug-likeness (QED) is 0.586. The Morgan fingerprint density at radius 1 is 1.38 bits per heavy atom. The van der Waals surface area contributed by atoms with E-state index in [0.717, 1.165) is 18.8 Å². The molecule has 16 heavy (non-hydrogen) atoms. The van der Waals surface area contributed by atoms with Crippen molar-refractivity contribution in [2.75, 3.05) is 31.2 Å². The number of halogens is 1. The van der Waals surface area contributed by atoms with Gasteiger partial charge >= 0.3 is 0 Å². The lowest BCUT2D eigenvalue weighted by Crippen LogP contribution is -2.36. The molecule has 1 fully saturated rings. The molecular weight excluding hydrogens is 228 g/mol. The molecule has 0 unspecified atom stereocenters. The Balaban J connectivity index is 2.34. The van der Waals surface area contributed by atoms with Crippen LogP contribution in [0.1, 0.15) is 0 Å². The van der Waals surface area contributed by atoms with E-state index in [1.54, 1.807) is 18.2 Å². The van der Waals surface area contributed by atoms with E-state index in [1.807, 2.05) is 6.07 Å². The molecule has 0 atom stereocenters. The number of nitrogens with zero attached hydrogens (tertiary/aromatic N) is 2. The maximum Gasteiger partial charge on any atom is 0.240 e. The topological polar surface area (TPSA) is 41.9 Å². The molecule has 1 saturated heterocycles. The second kappa shape index (κ2) is 5.12. The maximum absolute atomic E-state index is 10.3. The van der Waals surface area contributed by atoms with Crippen molar-refractivity contribution in [1.29, 1.82) is 0 Å². The highest BCUT2D eigenvalue weighted by molar-refractivity contribution is 6.31. The van der Waals surface area contributed by atoms with Gasteiger partial charge in [-0.25, -0.2) is 4.79 Å². The van der Waals surface area contributed by atoms with E-state index < -0.39 is 0 Å². The van der Waals surface area contributed by atoms with Crippen molar-refractivity contribution in [1.82, 2.24) is 0 Å². The fourth-order valence-corrected chi connectivity index (χ4v) is 1.87. The third kappa shape index (κ3) is 2.42. The molecule has 0 aliphatic carbocycles. The minimum absolute atomic E-state index is 0.560. The fourth-order valence-electron chi connectivity index (χ4n) is 1.71. The lowest BCUT2D eigenvalue weighted by molar-refractivity contribution is 0.123. The predicted octanol–water partition coefficient (Wildman–Crippen LogP) is 2.14. The molecule has 2 rings (SSSR count). The monoisotopic (exact) mass is 238 g/mol. The zero-order valence-electron chi connectivity index (χ0n) is 8.65. The van der Waals surface area contributed by atoms with Gasteiger partial charge in [0.15, 0.2) is 0 Å². The van der Waals surface area contributed by atoms with Crippen molar-refractivity contribution in [3.63, 3.8) is 0 Å². The van der Waals surface area contributed by atoms with Gasteiger partial charge in [0.1, 0.15) is 5.69 Å². The summed E-state index contributed by atoms with van der Waals surface area (Å²) in [7, 11) is 0. The summed E-state index contributed by atoms with van der Waals surface area (Å²) >= 11 is 5.86. The molecule has 0 aromatic heterocycles. The number of aliphatic imine (C=N–C) groups is 1. The number of hydrogen-bond acceptors (Lipinski definition) is 4. The highest BCUT2D eigenvalue weighted by atomic mass is 35.5. The summed E-state index contributed by atoms with van der Waals surface area (Å²) in [5.74, 6) is 0. The van der Waals surface area contributed by atoms with Crippen molar-refractivity contribution in [3.8, 4) is 0 Å². The standard InChI is InChI=1S/C11H11ClN2O2/c12-9-1-2-11(10(7-9)13-8-15)14-3-5-16-6-4-14/h1-2,7H,3-6H2. The summed E-state index contributed by atoms with van der Waals surface area (Å²) < 4.78 is 5.27. The minimum atomic E-state index is 0.560. The van der Waals surface area contributed by atoms with Crippen LogP contribution in [0.2, 0.25) is 5.02 Å². The van der Waals surface area contributed by atoms with Crippen molar-refractivity contribution < 1.29 is 9.53 Å². The molecule has 1 aliphatic heterocycles. The van der Waals surface area contributed by atoms with Gasteiger partial charge in [0.25, 0.3) is 0 Å². The number of rotatable bonds is 2. The SMILES string of the molecule is O=C=Nc1cc(Cl)ccc1N1CCOCC1. The number of benzene rings is 1. The molecule has 1 aromatic carbocycles. The van der Waals surface area contributed by atoms with E-state index in [-0.39, 0.29) is 0 Å². The first-order chi connectivity index (χ1) is 7.81. The third-order valence-electron chi connectivity index (χ3n) is 2.46. The molecule has 4 nitrogen and oxygen atoms in total. The molecule has 0 bridgehead atoms. The van der Waals surface area contributed by atoms with Gasteiger partial charge in [0, 0.05) is 18.1 Å². The number of carbonyl (C=O) groups excluding carboxylic acids is 1. The Morgan fingerprint density at radius 2 is 2.12 bits per heavy atom. The summed E-state index contributed by atoms with van der Waals surface area (Å²) in [6.07, 6.45) is 1.55. The Hall–Kier alpha value is -1.35. The minimum Gasteiger partial charge on any atom is -0.378 e. The molecule has 1 heterocycles. The lowest BCUT2D eigenvalue weighted by atomic mass is 10.2. The van der Waals surface area contributed by atoms with Gasteiger partial charge in [-0.15, -0.1) is 0 Å². The van der Waals surface area contributed by atoms with Gasteiger partial charge in [-0.2, -0.15) is 4.99 Å². The number of hydrogen-bond donors (Lipinski definition) is 0. The first-order valence-corrected chi connectivity index (χ1v) is 5.39. The van der Waals surface area contributed by atoms with Crippen molar-refractivity contribution in [2.24, 2.45) is 4.99 Å². The normalized spacial score (nSPS) is 15.7. The van der Waals surface area contributed by atoms with Gasteiger partial charge in [-0.05, 0) is 18.2 Å². The van der Waals surface area contributed by atoms with Crippen molar-refractivity contribution in [3.05, 3.63) is 23.2 Å². The van der Waals surface area contributed by atoms with Crippen molar-refractivity contribution >= 4 is 29.1 Å². The Morgan fingerprint density at radius 3 is 2.81 bits per heavy atom. The molecule has 1 aromatic rings. The van der Waals surface area contributed by atoms with Crippen LogP contribution in [0.5, 0.6) is 0 Å². The molecule has 0 N–H and O–H groups in total. The molecule has 5 heteroatoms. The first-order valence-electron chi connectivity index (χ1n) is 5.01. The largest absolute Gasteiger partial charge is 0.378 e. The number of isocyanates is 1. The van der Waals surface area contributed by atoms with Gasteiger partial charge in [0.05, 0.1) is 18.9 Å². The number of ether oxygens (including phenoxy) is 1. The van der Waals surface area contributed by atoms with Crippen LogP contribution < -0.4 is 4.90 Å². The molecule has 84 valence electrons. The van der Waals surface area contributed by atoms with Crippen LogP contribution in [0, 0.1) is 0 Å². The summed E-state index contributed by atoms with van der Waals surface area (Å²) in [6, 6.07) is 5.32. The maximum atomic E-state index is 10.3. The van der Waals surface area contributed by atoms with Crippen LogP contribution >= 0.6 is 11.6 Å². The van der Waals surface area contributed by atoms with Crippen LogP contribution in [0.4, 0.5) is 11.4 Å².